The summed E-state index contributed by atoms with van der Waals surface area (Å²) in [6.07, 6.45) is 3.90. The smallest absolute Gasteiger partial charge is 0.271 e. The molecule has 0 aliphatic carbocycles. The Hall–Kier alpha value is -1.36. The zero-order chi connectivity index (χ0) is 14.6. The van der Waals surface area contributed by atoms with Crippen LogP contribution in [-0.4, -0.2) is 47.2 Å². The summed E-state index contributed by atoms with van der Waals surface area (Å²) >= 11 is 0. The molecule has 1 saturated heterocycles. The quantitative estimate of drug-likeness (QED) is 0.884. The van der Waals surface area contributed by atoms with Crippen molar-refractivity contribution in [2.24, 2.45) is 0 Å². The number of hydrogen-bond acceptors (Lipinski definition) is 3. The predicted octanol–water partition coefficient (Wildman–Crippen LogP) is 1.92. The van der Waals surface area contributed by atoms with Crippen molar-refractivity contribution in [2.75, 3.05) is 26.2 Å². The van der Waals surface area contributed by atoms with E-state index in [1.54, 1.807) is 0 Å². The number of likely N-dealkylation sites (tertiary alicyclic amines) is 1. The summed E-state index contributed by atoms with van der Waals surface area (Å²) in [6.45, 7) is 10.2. The van der Waals surface area contributed by atoms with Gasteiger partial charge in [-0.25, -0.2) is 0 Å². The van der Waals surface area contributed by atoms with Crippen molar-refractivity contribution < 1.29 is 4.79 Å². The lowest BCUT2D eigenvalue weighted by Crippen LogP contribution is -2.37. The highest BCUT2D eigenvalue weighted by Gasteiger charge is 2.19. The number of hydrogen-bond donors (Lipinski definition) is 2. The highest BCUT2D eigenvalue weighted by Crippen LogP contribution is 2.20. The molecule has 0 radical (unpaired) electrons. The van der Waals surface area contributed by atoms with Crippen molar-refractivity contribution in [3.8, 4) is 0 Å². The summed E-state index contributed by atoms with van der Waals surface area (Å²) in [5.74, 6) is -0.0891. The lowest BCUT2D eigenvalue weighted by atomic mass is 9.92. The molecular formula is C15H26N4O. The highest BCUT2D eigenvalue weighted by atomic mass is 16.1. The molecule has 1 amide bonds. The molecule has 0 unspecified atom stereocenters. The molecule has 1 aromatic rings. The fraction of sp³-hybridized carbons (Fsp3) is 0.733. The zero-order valence-corrected chi connectivity index (χ0v) is 12.8. The Bertz CT molecular complexity index is 441. The van der Waals surface area contributed by atoms with Gasteiger partial charge in [-0.05, 0) is 32.0 Å². The van der Waals surface area contributed by atoms with Gasteiger partial charge in [-0.2, -0.15) is 5.10 Å². The molecule has 1 aromatic heterocycles. The van der Waals surface area contributed by atoms with E-state index in [0.717, 1.165) is 25.3 Å². The van der Waals surface area contributed by atoms with Gasteiger partial charge >= 0.3 is 0 Å². The lowest BCUT2D eigenvalue weighted by Gasteiger charge is -2.26. The Kier molecular flexibility index (Phi) is 4.81. The molecule has 2 heterocycles. The molecule has 5 nitrogen and oxygen atoms in total. The molecule has 1 aliphatic heterocycles. The maximum atomic E-state index is 12.0. The van der Waals surface area contributed by atoms with Crippen LogP contribution in [0.2, 0.25) is 0 Å². The maximum absolute atomic E-state index is 12.0. The van der Waals surface area contributed by atoms with Gasteiger partial charge in [-0.15, -0.1) is 0 Å². The Morgan fingerprint density at radius 3 is 2.65 bits per heavy atom. The van der Waals surface area contributed by atoms with E-state index < -0.39 is 0 Å². The maximum Gasteiger partial charge on any atom is 0.271 e. The van der Waals surface area contributed by atoms with Gasteiger partial charge in [0.05, 0.1) is 0 Å². The number of rotatable bonds is 4. The van der Waals surface area contributed by atoms with E-state index in [2.05, 4.69) is 41.2 Å². The lowest BCUT2D eigenvalue weighted by molar-refractivity contribution is 0.0941. The van der Waals surface area contributed by atoms with Crippen LogP contribution in [-0.2, 0) is 5.41 Å². The van der Waals surface area contributed by atoms with Crippen molar-refractivity contribution >= 4 is 5.91 Å². The molecule has 1 fully saturated rings. The third kappa shape index (κ3) is 4.07. The summed E-state index contributed by atoms with van der Waals surface area (Å²) in [5.41, 5.74) is 1.45. The molecule has 0 saturated carbocycles. The van der Waals surface area contributed by atoms with Crippen molar-refractivity contribution in [3.05, 3.63) is 17.5 Å². The fourth-order valence-corrected chi connectivity index (χ4v) is 2.42. The number of carbonyl (C=O) groups is 1. The number of aromatic nitrogens is 2. The molecular weight excluding hydrogens is 252 g/mol. The van der Waals surface area contributed by atoms with E-state index in [9.17, 15) is 4.79 Å². The summed E-state index contributed by atoms with van der Waals surface area (Å²) < 4.78 is 0. The van der Waals surface area contributed by atoms with Crippen LogP contribution >= 0.6 is 0 Å². The zero-order valence-electron chi connectivity index (χ0n) is 12.8. The van der Waals surface area contributed by atoms with Crippen molar-refractivity contribution in [1.82, 2.24) is 20.4 Å². The van der Waals surface area contributed by atoms with Crippen LogP contribution in [0.15, 0.2) is 6.07 Å². The van der Waals surface area contributed by atoms with Crippen LogP contribution in [0.25, 0.3) is 0 Å². The van der Waals surface area contributed by atoms with Crippen molar-refractivity contribution in [1.29, 1.82) is 0 Å². The monoisotopic (exact) mass is 278 g/mol. The van der Waals surface area contributed by atoms with Crippen LogP contribution in [0.3, 0.4) is 0 Å². The van der Waals surface area contributed by atoms with E-state index in [4.69, 9.17) is 0 Å². The fourth-order valence-electron chi connectivity index (χ4n) is 2.42. The summed E-state index contributed by atoms with van der Waals surface area (Å²) in [4.78, 5) is 14.4. The Morgan fingerprint density at radius 1 is 1.35 bits per heavy atom. The number of nitrogens with zero attached hydrogens (tertiary/aromatic N) is 2. The Balaban J connectivity index is 1.78. The molecule has 112 valence electrons. The van der Waals surface area contributed by atoms with Gasteiger partial charge in [0.25, 0.3) is 5.91 Å². The molecule has 2 rings (SSSR count). The number of nitrogens with one attached hydrogen (secondary N) is 2. The molecule has 0 atom stereocenters. The van der Waals surface area contributed by atoms with Gasteiger partial charge in [0, 0.05) is 24.2 Å². The first kappa shape index (κ1) is 15.0. The molecule has 1 aliphatic rings. The van der Waals surface area contributed by atoms with Gasteiger partial charge in [-0.3, -0.25) is 9.89 Å². The Labute approximate surface area is 121 Å². The highest BCUT2D eigenvalue weighted by molar-refractivity contribution is 5.92. The van der Waals surface area contributed by atoms with Gasteiger partial charge in [0.15, 0.2) is 0 Å². The van der Waals surface area contributed by atoms with Gasteiger partial charge in [0.1, 0.15) is 5.69 Å². The van der Waals surface area contributed by atoms with Gasteiger partial charge in [-0.1, -0.05) is 27.2 Å². The minimum atomic E-state index is -0.0891. The summed E-state index contributed by atoms with van der Waals surface area (Å²) in [7, 11) is 0. The van der Waals surface area contributed by atoms with Gasteiger partial charge < -0.3 is 10.2 Å². The second-order valence-electron chi connectivity index (χ2n) is 6.58. The first-order chi connectivity index (χ1) is 9.47. The van der Waals surface area contributed by atoms with E-state index in [-0.39, 0.29) is 11.3 Å². The first-order valence-corrected chi connectivity index (χ1v) is 7.53. The summed E-state index contributed by atoms with van der Waals surface area (Å²) in [6, 6.07) is 1.84. The molecule has 0 spiro atoms. The molecule has 0 bridgehead atoms. The number of piperidine rings is 1. The number of amides is 1. The molecule has 0 aromatic carbocycles. The minimum Gasteiger partial charge on any atom is -0.349 e. The number of carbonyl (C=O) groups excluding carboxylic acids is 1. The molecule has 20 heavy (non-hydrogen) atoms. The molecule has 2 N–H and O–H groups in total. The first-order valence-electron chi connectivity index (χ1n) is 7.53. The van der Waals surface area contributed by atoms with E-state index >= 15 is 0 Å². The van der Waals surface area contributed by atoms with E-state index in [1.807, 2.05) is 6.07 Å². The van der Waals surface area contributed by atoms with Crippen LogP contribution in [0.5, 0.6) is 0 Å². The normalized spacial score (nSPS) is 17.1. The standard InChI is InChI=1S/C15H26N4O/c1-15(2,3)13-11-12(17-18-13)14(20)16-7-10-19-8-5-4-6-9-19/h11H,4-10H2,1-3H3,(H,16,20)(H,17,18). The minimum absolute atomic E-state index is 0.0146. The average molecular weight is 278 g/mol. The number of H-pyrrole nitrogens is 1. The summed E-state index contributed by atoms with van der Waals surface area (Å²) in [5, 5.41) is 9.99. The van der Waals surface area contributed by atoms with Crippen molar-refractivity contribution in [3.63, 3.8) is 0 Å². The average Bonchev–Trinajstić information content (AvgIpc) is 2.89. The Morgan fingerprint density at radius 2 is 2.05 bits per heavy atom. The largest absolute Gasteiger partial charge is 0.349 e. The van der Waals surface area contributed by atoms with E-state index in [0.29, 0.717) is 12.2 Å². The SMILES string of the molecule is CC(C)(C)c1cc(C(=O)NCCN2CCCCC2)n[nH]1. The van der Waals surface area contributed by atoms with Crippen LogP contribution in [0.4, 0.5) is 0 Å². The molecule has 5 heteroatoms. The topological polar surface area (TPSA) is 61.0 Å². The van der Waals surface area contributed by atoms with Crippen LogP contribution < -0.4 is 5.32 Å². The predicted molar refractivity (Wildman–Crippen MR) is 79.9 cm³/mol. The van der Waals surface area contributed by atoms with Gasteiger partial charge in [0.2, 0.25) is 0 Å². The van der Waals surface area contributed by atoms with E-state index in [1.165, 1.54) is 19.3 Å². The third-order valence-corrected chi connectivity index (χ3v) is 3.78. The van der Waals surface area contributed by atoms with Crippen LogP contribution in [0, 0.1) is 0 Å². The second-order valence-corrected chi connectivity index (χ2v) is 6.58. The van der Waals surface area contributed by atoms with Crippen LogP contribution in [0.1, 0.15) is 56.2 Å². The third-order valence-electron chi connectivity index (χ3n) is 3.78. The van der Waals surface area contributed by atoms with Crippen molar-refractivity contribution in [2.45, 2.75) is 45.4 Å². The number of aromatic amines is 1. The second kappa shape index (κ2) is 6.39.